The first-order valence-corrected chi connectivity index (χ1v) is 10.8. The molecule has 3 aliphatic rings. The number of urea groups is 1. The van der Waals surface area contributed by atoms with E-state index >= 15 is 0 Å². The number of hydroxylamine groups is 2. The lowest BCUT2D eigenvalue weighted by Crippen LogP contribution is -2.52. The molecule has 3 heterocycles. The first-order chi connectivity index (χ1) is 13.6. The fourth-order valence-corrected chi connectivity index (χ4v) is 4.48. The molecule has 0 radical (unpaired) electrons. The van der Waals surface area contributed by atoms with E-state index in [1.54, 1.807) is 4.90 Å². The third kappa shape index (κ3) is 4.85. The molecule has 0 aromatic rings. The van der Waals surface area contributed by atoms with E-state index < -0.39 is 34.4 Å². The molecule has 3 rings (SSSR count). The van der Waals surface area contributed by atoms with Crippen molar-refractivity contribution in [3.05, 3.63) is 0 Å². The molecule has 12 nitrogen and oxygen atoms in total. The molecule has 3 fully saturated rings. The highest BCUT2D eigenvalue weighted by atomic mass is 32.3. The Morgan fingerprint density at radius 1 is 1.21 bits per heavy atom. The van der Waals surface area contributed by atoms with Gasteiger partial charge in [-0.3, -0.25) is 19.6 Å². The van der Waals surface area contributed by atoms with Crippen LogP contribution in [0.15, 0.2) is 0 Å². The Labute approximate surface area is 168 Å². The summed E-state index contributed by atoms with van der Waals surface area (Å²) in [4.78, 5) is 39.6. The average Bonchev–Trinajstić information content (AvgIpc) is 2.83. The van der Waals surface area contributed by atoms with Crippen molar-refractivity contribution in [2.75, 3.05) is 19.6 Å². The standard InChI is InChI=1S/C16H25N5O7S/c1-10(22)19-7-3-2-4-11(8-19)15(23)18-14(17)13-6-5-12-9-20(13)16(24)21(12)28-29(25,26)27/h11-13H,2-9H2,1H3,(H2,17,18,23)(H,25,26,27)/t11?,12-,13+/m1/s1. The highest BCUT2D eigenvalue weighted by Gasteiger charge is 2.48. The van der Waals surface area contributed by atoms with Crippen LogP contribution in [0.4, 0.5) is 4.79 Å². The molecule has 3 aliphatic heterocycles. The third-order valence-electron chi connectivity index (χ3n) is 5.58. The number of piperidine rings is 1. The Morgan fingerprint density at radius 2 is 1.93 bits per heavy atom. The van der Waals surface area contributed by atoms with Crippen LogP contribution in [0.5, 0.6) is 0 Å². The lowest BCUT2D eigenvalue weighted by Gasteiger charge is -2.31. The Hall–Kier alpha value is -2.25. The van der Waals surface area contributed by atoms with Crippen molar-refractivity contribution in [1.29, 1.82) is 5.41 Å². The average molecular weight is 431 g/mol. The van der Waals surface area contributed by atoms with E-state index in [4.69, 9.17) is 9.96 Å². The number of rotatable bonds is 4. The monoisotopic (exact) mass is 431 g/mol. The van der Waals surface area contributed by atoms with Crippen LogP contribution in [-0.4, -0.2) is 83.2 Å². The normalized spacial score (nSPS) is 27.6. The third-order valence-corrected chi connectivity index (χ3v) is 5.92. The summed E-state index contributed by atoms with van der Waals surface area (Å²) in [5, 5.41) is 11.4. The Morgan fingerprint density at radius 3 is 2.59 bits per heavy atom. The van der Waals surface area contributed by atoms with Crippen molar-refractivity contribution in [2.45, 2.75) is 51.1 Å². The summed E-state index contributed by atoms with van der Waals surface area (Å²) in [5.74, 6) is -1.07. The predicted octanol–water partition coefficient (Wildman–Crippen LogP) is -0.269. The van der Waals surface area contributed by atoms with Crippen molar-refractivity contribution < 1.29 is 31.6 Å². The maximum atomic E-state index is 12.7. The first kappa shape index (κ1) is 21.5. The van der Waals surface area contributed by atoms with Crippen molar-refractivity contribution >= 4 is 34.1 Å². The smallest absolute Gasteiger partial charge is 0.342 e. The molecule has 0 spiro atoms. The summed E-state index contributed by atoms with van der Waals surface area (Å²) >= 11 is 0. The fourth-order valence-electron chi connectivity index (χ4n) is 4.09. The van der Waals surface area contributed by atoms with Crippen molar-refractivity contribution in [2.24, 2.45) is 5.92 Å². The van der Waals surface area contributed by atoms with E-state index in [-0.39, 0.29) is 24.2 Å². The molecule has 3 saturated heterocycles. The number of nitrogens with one attached hydrogen (secondary N) is 2. The van der Waals surface area contributed by atoms with Crippen LogP contribution in [0.1, 0.15) is 39.0 Å². The van der Waals surface area contributed by atoms with E-state index in [1.807, 2.05) is 0 Å². The van der Waals surface area contributed by atoms with Gasteiger partial charge in [0.2, 0.25) is 11.8 Å². The first-order valence-electron chi connectivity index (χ1n) is 9.48. The highest BCUT2D eigenvalue weighted by Crippen LogP contribution is 2.31. The van der Waals surface area contributed by atoms with Gasteiger partial charge in [0, 0.05) is 26.6 Å². The van der Waals surface area contributed by atoms with E-state index in [2.05, 4.69) is 9.60 Å². The number of hydrogen-bond acceptors (Lipinski definition) is 7. The van der Waals surface area contributed by atoms with Gasteiger partial charge < -0.3 is 15.1 Å². The molecule has 2 bridgehead atoms. The molecule has 0 saturated carbocycles. The van der Waals surface area contributed by atoms with Gasteiger partial charge in [-0.1, -0.05) is 6.42 Å². The zero-order chi connectivity index (χ0) is 21.3. The number of amides is 4. The van der Waals surface area contributed by atoms with Crippen LogP contribution in [0.3, 0.4) is 0 Å². The fraction of sp³-hybridized carbons (Fsp3) is 0.750. The van der Waals surface area contributed by atoms with Crippen molar-refractivity contribution in [3.63, 3.8) is 0 Å². The highest BCUT2D eigenvalue weighted by molar-refractivity contribution is 7.80. The van der Waals surface area contributed by atoms with Crippen LogP contribution in [0.2, 0.25) is 0 Å². The molecule has 13 heteroatoms. The molecule has 0 aliphatic carbocycles. The number of carbonyl (C=O) groups excluding carboxylic acids is 3. The summed E-state index contributed by atoms with van der Waals surface area (Å²) in [6.07, 6.45) is 2.91. The van der Waals surface area contributed by atoms with E-state index in [1.165, 1.54) is 11.8 Å². The summed E-state index contributed by atoms with van der Waals surface area (Å²) in [6.45, 7) is 2.48. The maximum Gasteiger partial charge on any atom is 0.418 e. The second kappa shape index (κ2) is 8.24. The van der Waals surface area contributed by atoms with Gasteiger partial charge in [0.1, 0.15) is 5.84 Å². The van der Waals surface area contributed by atoms with Gasteiger partial charge in [0.05, 0.1) is 18.0 Å². The Balaban J connectivity index is 1.63. The molecular weight excluding hydrogens is 406 g/mol. The largest absolute Gasteiger partial charge is 0.418 e. The molecule has 162 valence electrons. The van der Waals surface area contributed by atoms with Gasteiger partial charge >= 0.3 is 16.4 Å². The molecule has 0 aromatic heterocycles. The molecule has 3 atom stereocenters. The van der Waals surface area contributed by atoms with E-state index in [9.17, 15) is 22.8 Å². The maximum absolute atomic E-state index is 12.7. The van der Waals surface area contributed by atoms with Crippen LogP contribution in [0.25, 0.3) is 0 Å². The molecule has 4 amide bonds. The summed E-state index contributed by atoms with van der Waals surface area (Å²) in [5.41, 5.74) is 0. The van der Waals surface area contributed by atoms with Crippen LogP contribution in [-0.2, 0) is 24.3 Å². The predicted molar refractivity (Wildman–Crippen MR) is 98.8 cm³/mol. The minimum Gasteiger partial charge on any atom is -0.342 e. The van der Waals surface area contributed by atoms with Crippen molar-refractivity contribution in [1.82, 2.24) is 20.2 Å². The topological polar surface area (TPSA) is 160 Å². The van der Waals surface area contributed by atoms with E-state index in [0.29, 0.717) is 37.4 Å². The number of carbonyl (C=O) groups is 3. The number of hydrogen-bond donors (Lipinski definition) is 3. The molecule has 1 unspecified atom stereocenters. The Kier molecular flexibility index (Phi) is 6.10. The van der Waals surface area contributed by atoms with Gasteiger partial charge in [-0.15, -0.1) is 4.28 Å². The molecule has 3 N–H and O–H groups in total. The van der Waals surface area contributed by atoms with Gasteiger partial charge in [0.15, 0.2) is 0 Å². The van der Waals surface area contributed by atoms with Crippen LogP contribution < -0.4 is 5.32 Å². The second-order valence-electron chi connectivity index (χ2n) is 7.57. The summed E-state index contributed by atoms with van der Waals surface area (Å²) < 4.78 is 35.1. The zero-order valence-electron chi connectivity index (χ0n) is 16.0. The molecular formula is C16H25N5O7S. The van der Waals surface area contributed by atoms with Gasteiger partial charge in [-0.05, 0) is 25.7 Å². The van der Waals surface area contributed by atoms with Gasteiger partial charge in [-0.2, -0.15) is 13.5 Å². The second-order valence-corrected chi connectivity index (χ2v) is 8.58. The van der Waals surface area contributed by atoms with Gasteiger partial charge in [-0.25, -0.2) is 4.79 Å². The zero-order valence-corrected chi connectivity index (χ0v) is 16.9. The molecule has 29 heavy (non-hydrogen) atoms. The number of fused-ring (bicyclic) bond motifs is 2. The lowest BCUT2D eigenvalue weighted by atomic mass is 9.98. The summed E-state index contributed by atoms with van der Waals surface area (Å²) in [6, 6.07) is -2.08. The van der Waals surface area contributed by atoms with E-state index in [0.717, 1.165) is 12.8 Å². The van der Waals surface area contributed by atoms with Crippen LogP contribution >= 0.6 is 0 Å². The quantitative estimate of drug-likeness (QED) is 0.314. The lowest BCUT2D eigenvalue weighted by molar-refractivity contribution is -0.131. The minimum absolute atomic E-state index is 0.0975. The number of amidine groups is 1. The summed E-state index contributed by atoms with van der Waals surface area (Å²) in [7, 11) is -4.84. The molecule has 0 aromatic carbocycles. The SMILES string of the molecule is CC(=O)N1CCCCC(C(=O)NC(=N)[C@@H]2CC[C@@H]3CN2C(=O)N3OS(=O)(=O)O)C1. The minimum atomic E-state index is -4.84. The van der Waals surface area contributed by atoms with Gasteiger partial charge in [0.25, 0.3) is 0 Å². The number of likely N-dealkylation sites (tertiary alicyclic amines) is 1. The Bertz CT molecular complexity index is 816. The van der Waals surface area contributed by atoms with Crippen molar-refractivity contribution in [3.8, 4) is 0 Å². The van der Waals surface area contributed by atoms with Crippen LogP contribution in [0, 0.1) is 11.3 Å². The number of nitrogens with zero attached hydrogens (tertiary/aromatic N) is 3.